The van der Waals surface area contributed by atoms with E-state index in [1.807, 2.05) is 0 Å². The highest BCUT2D eigenvalue weighted by atomic mass is 16.5. The molecule has 1 aromatic carbocycles. The molecule has 1 fully saturated rings. The number of nitrogens with one attached hydrogen (secondary N) is 1. The molecular weight excluding hydrogens is 176 g/mol. The fourth-order valence-corrected chi connectivity index (χ4v) is 1.54. The van der Waals surface area contributed by atoms with Crippen LogP contribution in [0.3, 0.4) is 0 Å². The molecule has 0 aromatic heterocycles. The van der Waals surface area contributed by atoms with Crippen molar-refractivity contribution in [2.24, 2.45) is 0 Å². The fourth-order valence-electron chi connectivity index (χ4n) is 1.54. The first kappa shape index (κ1) is 9.49. The van der Waals surface area contributed by atoms with Crippen LogP contribution in [0.4, 0.5) is 5.69 Å². The summed E-state index contributed by atoms with van der Waals surface area (Å²) in [6.45, 7) is 5.66. The van der Waals surface area contributed by atoms with Gasteiger partial charge in [-0.05, 0) is 18.6 Å². The van der Waals surface area contributed by atoms with Gasteiger partial charge in [-0.25, -0.2) is 5.01 Å². The van der Waals surface area contributed by atoms with Crippen LogP contribution >= 0.6 is 0 Å². The van der Waals surface area contributed by atoms with Gasteiger partial charge in [0.25, 0.3) is 0 Å². The summed E-state index contributed by atoms with van der Waals surface area (Å²) in [6, 6.07) is 8.32. The van der Waals surface area contributed by atoms with E-state index in [1.54, 1.807) is 0 Å². The zero-order chi connectivity index (χ0) is 9.80. The number of nitrogens with zero attached hydrogens (tertiary/aromatic N) is 1. The molecule has 3 nitrogen and oxygen atoms in total. The van der Waals surface area contributed by atoms with Gasteiger partial charge >= 0.3 is 0 Å². The maximum atomic E-state index is 5.29. The standard InChI is InChI=1S/C11H16N2O/c1-10-4-2-3-5-11(10)12-13-6-8-14-9-7-13/h2-5,12H,6-9H2,1H3. The first-order valence-corrected chi connectivity index (χ1v) is 5.01. The third kappa shape index (κ3) is 2.25. The zero-order valence-corrected chi connectivity index (χ0v) is 8.49. The normalized spacial score (nSPS) is 18.1. The number of hydrogen-bond donors (Lipinski definition) is 1. The van der Waals surface area contributed by atoms with Crippen LogP contribution < -0.4 is 5.43 Å². The minimum atomic E-state index is 0.818. The molecule has 76 valence electrons. The number of hydrogen-bond acceptors (Lipinski definition) is 3. The van der Waals surface area contributed by atoms with Gasteiger partial charge < -0.3 is 10.2 Å². The molecule has 0 bridgehead atoms. The quantitative estimate of drug-likeness (QED) is 0.771. The van der Waals surface area contributed by atoms with Crippen LogP contribution in [0, 0.1) is 6.92 Å². The van der Waals surface area contributed by atoms with Crippen molar-refractivity contribution in [3.05, 3.63) is 29.8 Å². The van der Waals surface area contributed by atoms with Crippen molar-refractivity contribution >= 4 is 5.69 Å². The lowest BCUT2D eigenvalue weighted by Crippen LogP contribution is -2.40. The van der Waals surface area contributed by atoms with E-state index in [0.29, 0.717) is 0 Å². The second-order valence-corrected chi connectivity index (χ2v) is 3.53. The van der Waals surface area contributed by atoms with Crippen LogP contribution in [0.5, 0.6) is 0 Å². The summed E-state index contributed by atoms with van der Waals surface area (Å²) in [5.74, 6) is 0. The van der Waals surface area contributed by atoms with Crippen molar-refractivity contribution in [1.82, 2.24) is 5.01 Å². The minimum Gasteiger partial charge on any atom is -0.379 e. The maximum Gasteiger partial charge on any atom is 0.0612 e. The second kappa shape index (κ2) is 4.44. The third-order valence-electron chi connectivity index (χ3n) is 2.43. The number of morpholine rings is 1. The highest BCUT2D eigenvalue weighted by Crippen LogP contribution is 2.14. The molecule has 0 amide bonds. The van der Waals surface area contributed by atoms with Crippen LogP contribution in [0.25, 0.3) is 0 Å². The molecule has 1 saturated heterocycles. The van der Waals surface area contributed by atoms with Crippen LogP contribution in [-0.2, 0) is 4.74 Å². The number of para-hydroxylation sites is 1. The molecule has 0 atom stereocenters. The average molecular weight is 192 g/mol. The molecule has 3 heteroatoms. The lowest BCUT2D eigenvalue weighted by atomic mass is 10.2. The zero-order valence-electron chi connectivity index (χ0n) is 8.49. The van der Waals surface area contributed by atoms with Gasteiger partial charge in [-0.2, -0.15) is 0 Å². The van der Waals surface area contributed by atoms with Gasteiger partial charge in [0.1, 0.15) is 0 Å². The number of aryl methyl sites for hydroxylation is 1. The highest BCUT2D eigenvalue weighted by Gasteiger charge is 2.10. The van der Waals surface area contributed by atoms with E-state index >= 15 is 0 Å². The SMILES string of the molecule is Cc1ccccc1NN1CCOCC1. The smallest absolute Gasteiger partial charge is 0.0612 e. The van der Waals surface area contributed by atoms with Crippen molar-refractivity contribution in [2.45, 2.75) is 6.92 Å². The van der Waals surface area contributed by atoms with Gasteiger partial charge in [-0.3, -0.25) is 0 Å². The molecule has 1 aliphatic rings. The Morgan fingerprint density at radius 2 is 1.93 bits per heavy atom. The van der Waals surface area contributed by atoms with E-state index in [-0.39, 0.29) is 0 Å². The largest absolute Gasteiger partial charge is 0.379 e. The molecular formula is C11H16N2O. The molecule has 14 heavy (non-hydrogen) atoms. The maximum absolute atomic E-state index is 5.29. The predicted octanol–water partition coefficient (Wildman–Crippen LogP) is 1.65. The van der Waals surface area contributed by atoms with Gasteiger partial charge in [0.05, 0.1) is 18.9 Å². The molecule has 0 unspecified atom stereocenters. The fraction of sp³-hybridized carbons (Fsp3) is 0.455. The average Bonchev–Trinajstić information content (AvgIpc) is 2.23. The van der Waals surface area contributed by atoms with Crippen LogP contribution in [0.1, 0.15) is 5.56 Å². The van der Waals surface area contributed by atoms with Gasteiger partial charge in [0.2, 0.25) is 0 Å². The first-order chi connectivity index (χ1) is 6.86. The summed E-state index contributed by atoms with van der Waals surface area (Å²) in [6.07, 6.45) is 0. The number of anilines is 1. The van der Waals surface area contributed by atoms with Crippen molar-refractivity contribution in [3.63, 3.8) is 0 Å². The van der Waals surface area contributed by atoms with E-state index in [2.05, 4.69) is 41.6 Å². The Balaban J connectivity index is 1.99. The first-order valence-electron chi connectivity index (χ1n) is 5.01. The number of rotatable bonds is 2. The molecule has 1 aromatic rings. The third-order valence-corrected chi connectivity index (χ3v) is 2.43. The number of benzene rings is 1. The summed E-state index contributed by atoms with van der Waals surface area (Å²) < 4.78 is 5.29. The van der Waals surface area contributed by atoms with Gasteiger partial charge in [0.15, 0.2) is 0 Å². The van der Waals surface area contributed by atoms with Crippen LogP contribution in [0.2, 0.25) is 0 Å². The lowest BCUT2D eigenvalue weighted by molar-refractivity contribution is 0.0496. The topological polar surface area (TPSA) is 24.5 Å². The lowest BCUT2D eigenvalue weighted by Gasteiger charge is -2.28. The van der Waals surface area contributed by atoms with E-state index in [1.165, 1.54) is 11.3 Å². The molecule has 2 rings (SSSR count). The summed E-state index contributed by atoms with van der Waals surface area (Å²) in [5, 5.41) is 2.20. The molecule has 1 N–H and O–H groups in total. The van der Waals surface area contributed by atoms with Crippen molar-refractivity contribution < 1.29 is 4.74 Å². The minimum absolute atomic E-state index is 0.818. The van der Waals surface area contributed by atoms with E-state index in [4.69, 9.17) is 4.74 Å². The van der Waals surface area contributed by atoms with Crippen molar-refractivity contribution in [3.8, 4) is 0 Å². The van der Waals surface area contributed by atoms with Gasteiger partial charge in [-0.1, -0.05) is 18.2 Å². The Morgan fingerprint density at radius 3 is 2.64 bits per heavy atom. The van der Waals surface area contributed by atoms with Crippen molar-refractivity contribution in [1.29, 1.82) is 0 Å². The Labute approximate surface area is 84.6 Å². The predicted molar refractivity (Wildman–Crippen MR) is 57.2 cm³/mol. The Hall–Kier alpha value is -1.06. The molecule has 0 spiro atoms. The summed E-state index contributed by atoms with van der Waals surface area (Å²) in [5.41, 5.74) is 5.87. The summed E-state index contributed by atoms with van der Waals surface area (Å²) in [4.78, 5) is 0. The van der Waals surface area contributed by atoms with Gasteiger partial charge in [-0.15, -0.1) is 0 Å². The summed E-state index contributed by atoms with van der Waals surface area (Å²) >= 11 is 0. The Morgan fingerprint density at radius 1 is 1.21 bits per heavy atom. The van der Waals surface area contributed by atoms with Crippen LogP contribution in [-0.4, -0.2) is 31.3 Å². The second-order valence-electron chi connectivity index (χ2n) is 3.53. The van der Waals surface area contributed by atoms with Crippen LogP contribution in [0.15, 0.2) is 24.3 Å². The Kier molecular flexibility index (Phi) is 3.01. The molecule has 0 radical (unpaired) electrons. The van der Waals surface area contributed by atoms with E-state index < -0.39 is 0 Å². The molecule has 0 saturated carbocycles. The molecule has 0 aliphatic carbocycles. The van der Waals surface area contributed by atoms with E-state index in [0.717, 1.165) is 26.3 Å². The summed E-state index contributed by atoms with van der Waals surface area (Å²) in [7, 11) is 0. The Bertz CT molecular complexity index is 295. The van der Waals surface area contributed by atoms with Crippen molar-refractivity contribution in [2.75, 3.05) is 31.7 Å². The number of hydrazine groups is 1. The van der Waals surface area contributed by atoms with E-state index in [9.17, 15) is 0 Å². The number of ether oxygens (including phenoxy) is 1. The molecule has 1 heterocycles. The monoisotopic (exact) mass is 192 g/mol. The van der Waals surface area contributed by atoms with Gasteiger partial charge in [0, 0.05) is 13.1 Å². The molecule has 1 aliphatic heterocycles. The highest BCUT2D eigenvalue weighted by molar-refractivity contribution is 5.49.